The summed E-state index contributed by atoms with van der Waals surface area (Å²) >= 11 is 0. The molecule has 0 radical (unpaired) electrons. The van der Waals surface area contributed by atoms with Gasteiger partial charge in [0, 0.05) is 0 Å². The Hall–Kier alpha value is -1.95. The third kappa shape index (κ3) is 7.53. The second-order valence-electron chi connectivity index (χ2n) is 9.98. The summed E-state index contributed by atoms with van der Waals surface area (Å²) < 4.78 is 37.8. The molecule has 2 aromatic rings. The number of ether oxygens (including phenoxy) is 2. The zero-order valence-electron chi connectivity index (χ0n) is 20.4. The van der Waals surface area contributed by atoms with Crippen molar-refractivity contribution in [1.82, 2.24) is 0 Å². The Balaban J connectivity index is 1.46. The summed E-state index contributed by atoms with van der Waals surface area (Å²) in [5.74, 6) is 0.0457. The van der Waals surface area contributed by atoms with E-state index in [9.17, 15) is 8.42 Å². The van der Waals surface area contributed by atoms with E-state index in [0.717, 1.165) is 37.7 Å². The van der Waals surface area contributed by atoms with E-state index in [2.05, 4.69) is 32.9 Å². The molecule has 0 N–H and O–H groups in total. The van der Waals surface area contributed by atoms with Crippen molar-refractivity contribution in [2.45, 2.75) is 88.6 Å². The summed E-state index contributed by atoms with van der Waals surface area (Å²) in [6.07, 6.45) is 6.63. The van der Waals surface area contributed by atoms with Gasteiger partial charge >= 0.3 is 0 Å². The second-order valence-corrected chi connectivity index (χ2v) is 12.0. The van der Waals surface area contributed by atoms with Crippen molar-refractivity contribution in [3.8, 4) is 0 Å². The molecule has 0 saturated carbocycles. The van der Waals surface area contributed by atoms with Gasteiger partial charge in [-0.2, -0.15) is 0 Å². The molecule has 0 unspecified atom stereocenters. The minimum absolute atomic E-state index is 0.0457. The average molecular weight is 471 g/mol. The summed E-state index contributed by atoms with van der Waals surface area (Å²) in [4.78, 5) is 0.378. The third-order valence-electron chi connectivity index (χ3n) is 6.54. The average Bonchev–Trinajstić information content (AvgIpc) is 2.78. The van der Waals surface area contributed by atoms with Crippen molar-refractivity contribution in [2.75, 3.05) is 5.75 Å². The number of rotatable bonds is 10. The highest BCUT2D eigenvalue weighted by Crippen LogP contribution is 2.40. The van der Waals surface area contributed by atoms with Crippen molar-refractivity contribution in [2.24, 2.45) is 0 Å². The van der Waals surface area contributed by atoms with Crippen LogP contribution in [0.4, 0.5) is 0 Å². The van der Waals surface area contributed by atoms with Crippen LogP contribution in [-0.4, -0.2) is 31.5 Å². The fourth-order valence-electron chi connectivity index (χ4n) is 4.59. The van der Waals surface area contributed by atoms with Crippen LogP contribution in [0.15, 0.2) is 77.2 Å². The molecule has 33 heavy (non-hydrogen) atoms. The summed E-state index contributed by atoms with van der Waals surface area (Å²) in [5, 5.41) is 0. The van der Waals surface area contributed by atoms with Gasteiger partial charge < -0.3 is 9.47 Å². The lowest BCUT2D eigenvalue weighted by Gasteiger charge is -2.48. The zero-order valence-corrected chi connectivity index (χ0v) is 21.2. The van der Waals surface area contributed by atoms with Crippen molar-refractivity contribution in [1.29, 1.82) is 0 Å². The molecule has 3 rings (SSSR count). The van der Waals surface area contributed by atoms with Crippen molar-refractivity contribution in [3.63, 3.8) is 0 Å². The van der Waals surface area contributed by atoms with E-state index >= 15 is 0 Å². The van der Waals surface area contributed by atoms with E-state index in [0.29, 0.717) is 11.5 Å². The minimum Gasteiger partial charge on any atom is -0.371 e. The molecule has 0 aliphatic carbocycles. The standard InChI is InChI=1S/C28H38O4S/c1-23(18-21-33(29,30)25-15-9-6-10-16-25)12-11-19-28(4)20-17-26(27(2,3)32-28)31-22-24-13-7-5-8-14-24/h5-10,13-16,18,26H,11-12,17,19-22H2,1-4H3/b23-18+/t26-,28+/m1/s1. The summed E-state index contributed by atoms with van der Waals surface area (Å²) in [5.41, 5.74) is 1.75. The molecule has 1 aliphatic heterocycles. The summed E-state index contributed by atoms with van der Waals surface area (Å²) in [7, 11) is -3.28. The Morgan fingerprint density at radius 2 is 1.70 bits per heavy atom. The van der Waals surface area contributed by atoms with E-state index in [-0.39, 0.29) is 23.1 Å². The third-order valence-corrected chi connectivity index (χ3v) is 8.14. The van der Waals surface area contributed by atoms with Crippen LogP contribution in [0.1, 0.15) is 65.4 Å². The smallest absolute Gasteiger partial charge is 0.181 e. The Bertz CT molecular complexity index is 1010. The highest BCUT2D eigenvalue weighted by molar-refractivity contribution is 7.91. The topological polar surface area (TPSA) is 52.6 Å². The molecule has 5 heteroatoms. The van der Waals surface area contributed by atoms with E-state index < -0.39 is 9.84 Å². The maximum Gasteiger partial charge on any atom is 0.181 e. The van der Waals surface area contributed by atoms with E-state index in [4.69, 9.17) is 9.47 Å². The van der Waals surface area contributed by atoms with Gasteiger partial charge in [0.1, 0.15) is 0 Å². The van der Waals surface area contributed by atoms with Crippen LogP contribution in [-0.2, 0) is 25.9 Å². The molecule has 1 saturated heterocycles. The van der Waals surface area contributed by atoms with Gasteiger partial charge in [0.2, 0.25) is 0 Å². The number of hydrogen-bond donors (Lipinski definition) is 0. The molecule has 0 bridgehead atoms. The van der Waals surface area contributed by atoms with Gasteiger partial charge in [-0.3, -0.25) is 0 Å². The summed E-state index contributed by atoms with van der Waals surface area (Å²) in [6, 6.07) is 18.9. The molecule has 1 heterocycles. The Morgan fingerprint density at radius 1 is 1.06 bits per heavy atom. The molecular formula is C28H38O4S. The molecule has 0 amide bonds. The lowest BCUT2D eigenvalue weighted by Crippen LogP contribution is -2.52. The van der Waals surface area contributed by atoms with Crippen LogP contribution >= 0.6 is 0 Å². The maximum atomic E-state index is 12.5. The van der Waals surface area contributed by atoms with E-state index in [1.807, 2.05) is 37.3 Å². The fraction of sp³-hybridized carbons (Fsp3) is 0.500. The quantitative estimate of drug-likeness (QED) is 0.371. The molecule has 180 valence electrons. The van der Waals surface area contributed by atoms with Crippen LogP contribution < -0.4 is 0 Å². The first-order chi connectivity index (χ1) is 15.6. The van der Waals surface area contributed by atoms with Gasteiger partial charge in [0.25, 0.3) is 0 Å². The van der Waals surface area contributed by atoms with Gasteiger partial charge in [0.15, 0.2) is 9.84 Å². The first-order valence-electron chi connectivity index (χ1n) is 11.9. The monoisotopic (exact) mass is 470 g/mol. The van der Waals surface area contributed by atoms with Crippen LogP contribution in [0.3, 0.4) is 0 Å². The minimum atomic E-state index is -3.28. The Morgan fingerprint density at radius 3 is 2.33 bits per heavy atom. The van der Waals surface area contributed by atoms with Crippen molar-refractivity contribution in [3.05, 3.63) is 77.9 Å². The summed E-state index contributed by atoms with van der Waals surface area (Å²) in [6.45, 7) is 9.06. The van der Waals surface area contributed by atoms with Crippen LogP contribution in [0.2, 0.25) is 0 Å². The predicted octanol–water partition coefficient (Wildman–Crippen LogP) is 6.51. The van der Waals surface area contributed by atoms with Crippen LogP contribution in [0.5, 0.6) is 0 Å². The zero-order chi connectivity index (χ0) is 24.0. The molecule has 1 aliphatic rings. The van der Waals surface area contributed by atoms with Gasteiger partial charge in [0.05, 0.1) is 34.6 Å². The number of hydrogen-bond acceptors (Lipinski definition) is 4. The van der Waals surface area contributed by atoms with Crippen LogP contribution in [0, 0.1) is 0 Å². The second kappa shape index (κ2) is 11.0. The van der Waals surface area contributed by atoms with E-state index in [1.54, 1.807) is 24.3 Å². The highest BCUT2D eigenvalue weighted by Gasteiger charge is 2.43. The maximum absolute atomic E-state index is 12.5. The van der Waals surface area contributed by atoms with Gasteiger partial charge in [-0.05, 0) is 77.5 Å². The lowest BCUT2D eigenvalue weighted by molar-refractivity contribution is -0.231. The van der Waals surface area contributed by atoms with Gasteiger partial charge in [-0.25, -0.2) is 8.42 Å². The molecule has 2 atom stereocenters. The molecule has 0 aromatic heterocycles. The SMILES string of the molecule is C/C(=C\CS(=O)(=O)c1ccccc1)CCC[C@@]1(C)CC[C@@H](OCc2ccccc2)C(C)(C)O1. The fourth-order valence-corrected chi connectivity index (χ4v) is 5.85. The molecule has 4 nitrogen and oxygen atoms in total. The Kier molecular flexibility index (Phi) is 8.54. The lowest BCUT2D eigenvalue weighted by atomic mass is 9.82. The van der Waals surface area contributed by atoms with Gasteiger partial charge in [-0.15, -0.1) is 0 Å². The Labute approximate surface area is 199 Å². The normalized spacial score (nSPS) is 23.4. The molecule has 0 spiro atoms. The molecule has 1 fully saturated rings. The predicted molar refractivity (Wildman–Crippen MR) is 134 cm³/mol. The van der Waals surface area contributed by atoms with Crippen LogP contribution in [0.25, 0.3) is 0 Å². The molecular weight excluding hydrogens is 432 g/mol. The molecule has 2 aromatic carbocycles. The van der Waals surface area contributed by atoms with Crippen molar-refractivity contribution >= 4 is 9.84 Å². The highest BCUT2D eigenvalue weighted by atomic mass is 32.2. The number of benzene rings is 2. The number of allylic oxidation sites excluding steroid dienone is 1. The van der Waals surface area contributed by atoms with E-state index in [1.165, 1.54) is 5.56 Å². The van der Waals surface area contributed by atoms with Crippen molar-refractivity contribution < 1.29 is 17.9 Å². The largest absolute Gasteiger partial charge is 0.371 e. The first-order valence-corrected chi connectivity index (χ1v) is 13.5. The number of sulfone groups is 1. The van der Waals surface area contributed by atoms with Gasteiger partial charge in [-0.1, -0.05) is 60.2 Å². The first kappa shape index (κ1) is 25.7.